The van der Waals surface area contributed by atoms with Crippen molar-refractivity contribution >= 4 is 27.5 Å². The number of hydrogen-bond donors (Lipinski definition) is 0. The Balaban J connectivity index is 1.73. The van der Waals surface area contributed by atoms with E-state index in [0.29, 0.717) is 16.5 Å². The predicted octanol–water partition coefficient (Wildman–Crippen LogP) is 5.88. The summed E-state index contributed by atoms with van der Waals surface area (Å²) in [7, 11) is 0. The van der Waals surface area contributed by atoms with Crippen LogP contribution in [0.15, 0.2) is 12.1 Å². The standard InChI is InChI=1S/C15H16BrClF2/c16-12(5-10-4-8-1-2-9(10)3-8)11-6-14(18)15(19)7-13(11)17/h6-10,12H,1-5H2. The van der Waals surface area contributed by atoms with Gasteiger partial charge in [0.2, 0.25) is 0 Å². The Morgan fingerprint density at radius 1 is 1.21 bits per heavy atom. The van der Waals surface area contributed by atoms with E-state index in [1.54, 1.807) is 0 Å². The van der Waals surface area contributed by atoms with Gasteiger partial charge in [-0.15, -0.1) is 0 Å². The topological polar surface area (TPSA) is 0 Å². The van der Waals surface area contributed by atoms with Gasteiger partial charge >= 0.3 is 0 Å². The SMILES string of the molecule is Fc1cc(Cl)c(C(Br)CC2CC3CCC2C3)cc1F. The van der Waals surface area contributed by atoms with Gasteiger partial charge in [-0.05, 0) is 61.1 Å². The smallest absolute Gasteiger partial charge is 0.160 e. The van der Waals surface area contributed by atoms with Crippen molar-refractivity contribution in [1.82, 2.24) is 0 Å². The molecule has 4 atom stereocenters. The molecule has 1 aromatic carbocycles. The van der Waals surface area contributed by atoms with Crippen LogP contribution in [0.5, 0.6) is 0 Å². The highest BCUT2D eigenvalue weighted by Crippen LogP contribution is 2.52. The lowest BCUT2D eigenvalue weighted by atomic mass is 9.84. The van der Waals surface area contributed by atoms with Crippen LogP contribution in [0.2, 0.25) is 5.02 Å². The molecule has 0 aliphatic heterocycles. The molecular formula is C15H16BrClF2. The number of fused-ring (bicyclic) bond motifs is 2. The van der Waals surface area contributed by atoms with Crippen LogP contribution in [0.1, 0.15) is 42.5 Å². The van der Waals surface area contributed by atoms with Crippen molar-refractivity contribution in [3.8, 4) is 0 Å². The van der Waals surface area contributed by atoms with E-state index in [1.165, 1.54) is 31.7 Å². The second-order valence-corrected chi connectivity index (χ2v) is 7.44. The molecule has 0 radical (unpaired) electrons. The zero-order chi connectivity index (χ0) is 13.6. The molecule has 2 fully saturated rings. The summed E-state index contributed by atoms with van der Waals surface area (Å²) in [5.74, 6) is 0.724. The third kappa shape index (κ3) is 2.69. The molecule has 0 aromatic heterocycles. The van der Waals surface area contributed by atoms with Gasteiger partial charge in [0, 0.05) is 9.85 Å². The van der Waals surface area contributed by atoms with Crippen molar-refractivity contribution in [3.05, 3.63) is 34.4 Å². The number of alkyl halides is 1. The zero-order valence-corrected chi connectivity index (χ0v) is 12.9. The Kier molecular flexibility index (Phi) is 3.87. The summed E-state index contributed by atoms with van der Waals surface area (Å²) in [4.78, 5) is 0.0134. The first-order chi connectivity index (χ1) is 9.04. The highest BCUT2D eigenvalue weighted by atomic mass is 79.9. The minimum atomic E-state index is -0.881. The van der Waals surface area contributed by atoms with Crippen LogP contribution in [0.25, 0.3) is 0 Å². The van der Waals surface area contributed by atoms with Crippen LogP contribution in [-0.2, 0) is 0 Å². The summed E-state index contributed by atoms with van der Waals surface area (Å²) in [6, 6.07) is 2.30. The molecule has 2 saturated carbocycles. The number of hydrogen-bond acceptors (Lipinski definition) is 0. The average Bonchev–Trinajstić information content (AvgIpc) is 2.95. The van der Waals surface area contributed by atoms with E-state index in [2.05, 4.69) is 15.9 Å². The quantitative estimate of drug-likeness (QED) is 0.472. The van der Waals surface area contributed by atoms with Crippen molar-refractivity contribution < 1.29 is 8.78 Å². The number of benzene rings is 1. The Labute approximate surface area is 125 Å². The van der Waals surface area contributed by atoms with E-state index in [9.17, 15) is 8.78 Å². The molecule has 0 saturated heterocycles. The molecule has 2 bridgehead atoms. The van der Waals surface area contributed by atoms with Gasteiger partial charge in [0.1, 0.15) is 0 Å². The molecule has 0 nitrogen and oxygen atoms in total. The molecule has 4 heteroatoms. The highest BCUT2D eigenvalue weighted by molar-refractivity contribution is 9.09. The second-order valence-electron chi connectivity index (χ2n) is 5.93. The van der Waals surface area contributed by atoms with E-state index >= 15 is 0 Å². The van der Waals surface area contributed by atoms with Crippen LogP contribution in [-0.4, -0.2) is 0 Å². The summed E-state index contributed by atoms with van der Waals surface area (Å²) < 4.78 is 26.4. The fourth-order valence-electron chi connectivity index (χ4n) is 3.84. The summed E-state index contributed by atoms with van der Waals surface area (Å²) in [6.45, 7) is 0. The molecule has 1 aromatic rings. The summed E-state index contributed by atoms with van der Waals surface area (Å²) in [6.07, 6.45) is 6.32. The molecular weight excluding hydrogens is 334 g/mol. The van der Waals surface area contributed by atoms with Crippen LogP contribution in [0, 0.1) is 29.4 Å². The molecule has 0 spiro atoms. The lowest BCUT2D eigenvalue weighted by Gasteiger charge is -2.24. The minimum absolute atomic E-state index is 0.0134. The van der Waals surface area contributed by atoms with Gasteiger partial charge in [-0.3, -0.25) is 0 Å². The normalized spacial score (nSPS) is 30.8. The van der Waals surface area contributed by atoms with Crippen LogP contribution in [0.3, 0.4) is 0 Å². The monoisotopic (exact) mass is 348 g/mol. The summed E-state index contributed by atoms with van der Waals surface area (Å²) >= 11 is 9.63. The van der Waals surface area contributed by atoms with E-state index in [-0.39, 0.29) is 4.83 Å². The van der Waals surface area contributed by atoms with Crippen LogP contribution >= 0.6 is 27.5 Å². The highest BCUT2D eigenvalue weighted by Gasteiger charge is 2.40. The lowest BCUT2D eigenvalue weighted by molar-refractivity contribution is 0.314. The minimum Gasteiger partial charge on any atom is -0.204 e. The third-order valence-electron chi connectivity index (χ3n) is 4.77. The van der Waals surface area contributed by atoms with E-state index in [0.717, 1.165) is 24.3 Å². The first-order valence-corrected chi connectivity index (χ1v) is 8.12. The number of halogens is 4. The molecule has 2 aliphatic rings. The van der Waals surface area contributed by atoms with Gasteiger partial charge in [-0.25, -0.2) is 8.78 Å². The Bertz CT molecular complexity index is 491. The van der Waals surface area contributed by atoms with Crippen molar-refractivity contribution in [2.24, 2.45) is 17.8 Å². The van der Waals surface area contributed by atoms with E-state index in [1.807, 2.05) is 0 Å². The van der Waals surface area contributed by atoms with Crippen molar-refractivity contribution in [2.45, 2.75) is 36.9 Å². The summed E-state index contributed by atoms with van der Waals surface area (Å²) in [5.41, 5.74) is 0.670. The molecule has 4 unspecified atom stereocenters. The maximum Gasteiger partial charge on any atom is 0.160 e. The number of rotatable bonds is 3. The largest absolute Gasteiger partial charge is 0.204 e. The Hall–Kier alpha value is -0.150. The Morgan fingerprint density at radius 3 is 2.58 bits per heavy atom. The van der Waals surface area contributed by atoms with E-state index in [4.69, 9.17) is 11.6 Å². The molecule has 3 rings (SSSR count). The lowest BCUT2D eigenvalue weighted by Crippen LogP contribution is -2.12. The van der Waals surface area contributed by atoms with Crippen LogP contribution in [0.4, 0.5) is 8.78 Å². The van der Waals surface area contributed by atoms with Crippen molar-refractivity contribution in [2.75, 3.05) is 0 Å². The second kappa shape index (κ2) is 5.33. The third-order valence-corrected chi connectivity index (χ3v) is 5.97. The van der Waals surface area contributed by atoms with Crippen molar-refractivity contribution in [3.63, 3.8) is 0 Å². The molecule has 0 heterocycles. The van der Waals surface area contributed by atoms with Crippen molar-refractivity contribution in [1.29, 1.82) is 0 Å². The van der Waals surface area contributed by atoms with Crippen LogP contribution < -0.4 is 0 Å². The Morgan fingerprint density at radius 2 is 1.95 bits per heavy atom. The van der Waals surface area contributed by atoms with Gasteiger partial charge in [0.05, 0.1) is 0 Å². The van der Waals surface area contributed by atoms with Gasteiger partial charge in [-0.1, -0.05) is 34.0 Å². The fourth-order valence-corrected chi connectivity index (χ4v) is 5.11. The predicted molar refractivity (Wildman–Crippen MR) is 76.6 cm³/mol. The van der Waals surface area contributed by atoms with Gasteiger partial charge in [0.15, 0.2) is 11.6 Å². The molecule has 19 heavy (non-hydrogen) atoms. The average molecular weight is 350 g/mol. The maximum atomic E-state index is 13.3. The molecule has 0 amide bonds. The molecule has 2 aliphatic carbocycles. The first kappa shape index (κ1) is 13.8. The molecule has 104 valence electrons. The first-order valence-electron chi connectivity index (χ1n) is 6.83. The summed E-state index contributed by atoms with van der Waals surface area (Å²) in [5, 5.41) is 0.309. The molecule has 0 N–H and O–H groups in total. The van der Waals surface area contributed by atoms with Gasteiger partial charge in [0.25, 0.3) is 0 Å². The van der Waals surface area contributed by atoms with E-state index < -0.39 is 11.6 Å². The van der Waals surface area contributed by atoms with Gasteiger partial charge < -0.3 is 0 Å². The zero-order valence-electron chi connectivity index (χ0n) is 10.5. The fraction of sp³-hybridized carbons (Fsp3) is 0.600. The van der Waals surface area contributed by atoms with Gasteiger partial charge in [-0.2, -0.15) is 0 Å². The maximum absolute atomic E-state index is 13.3.